The molecule has 1 saturated heterocycles. The van der Waals surface area contributed by atoms with Gasteiger partial charge in [0.2, 0.25) is 5.75 Å². The summed E-state index contributed by atoms with van der Waals surface area (Å²) < 4.78 is 40.0. The van der Waals surface area contributed by atoms with Crippen LogP contribution in [0, 0.1) is 0 Å². The van der Waals surface area contributed by atoms with Crippen LogP contribution < -0.4 is 19.5 Å². The number of nitrogens with one attached hydrogen (secondary N) is 1. The number of sulfone groups is 1. The molecule has 8 heteroatoms. The zero-order valence-electron chi connectivity index (χ0n) is 18.3. The number of ketones is 1. The van der Waals surface area contributed by atoms with Crippen molar-refractivity contribution in [1.29, 1.82) is 0 Å². The predicted molar refractivity (Wildman–Crippen MR) is 119 cm³/mol. The Bertz CT molecular complexity index is 1010. The zero-order valence-corrected chi connectivity index (χ0v) is 19.1. The van der Waals surface area contributed by atoms with Crippen LogP contribution in [-0.2, 0) is 26.5 Å². The van der Waals surface area contributed by atoms with E-state index in [1.54, 1.807) is 14.2 Å². The minimum atomic E-state index is -3.21. The lowest BCUT2D eigenvalue weighted by Crippen LogP contribution is -2.39. The lowest BCUT2D eigenvalue weighted by molar-refractivity contribution is -0.123. The van der Waals surface area contributed by atoms with E-state index >= 15 is 0 Å². The highest BCUT2D eigenvalue weighted by Gasteiger charge is 2.48. The van der Waals surface area contributed by atoms with E-state index in [1.165, 1.54) is 13.4 Å². The number of benzene rings is 2. The molecule has 0 aliphatic carbocycles. The van der Waals surface area contributed by atoms with E-state index in [0.29, 0.717) is 30.2 Å². The highest BCUT2D eigenvalue weighted by molar-refractivity contribution is 7.90. The molecule has 1 N–H and O–H groups in total. The molecule has 2 aromatic carbocycles. The average Bonchev–Trinajstić information content (AvgIpc) is 3.08. The first-order chi connectivity index (χ1) is 14.7. The summed E-state index contributed by atoms with van der Waals surface area (Å²) in [7, 11) is 1.42. The Labute approximate surface area is 183 Å². The van der Waals surface area contributed by atoms with Crippen LogP contribution >= 0.6 is 0 Å². The molecule has 31 heavy (non-hydrogen) atoms. The van der Waals surface area contributed by atoms with Gasteiger partial charge < -0.3 is 19.5 Å². The Balaban J connectivity index is 1.92. The molecule has 0 radical (unpaired) electrons. The van der Waals surface area contributed by atoms with E-state index in [2.05, 4.69) is 5.32 Å². The molecule has 0 saturated carbocycles. The van der Waals surface area contributed by atoms with Crippen molar-refractivity contribution in [3.05, 3.63) is 53.6 Å². The van der Waals surface area contributed by atoms with Crippen LogP contribution in [-0.4, -0.2) is 60.1 Å². The lowest BCUT2D eigenvalue weighted by Gasteiger charge is -2.27. The Kier molecular flexibility index (Phi) is 6.91. The van der Waals surface area contributed by atoms with Crippen LogP contribution in [0.5, 0.6) is 17.2 Å². The van der Waals surface area contributed by atoms with Gasteiger partial charge >= 0.3 is 0 Å². The largest absolute Gasteiger partial charge is 0.493 e. The zero-order chi connectivity index (χ0) is 22.6. The summed E-state index contributed by atoms with van der Waals surface area (Å²) in [6.45, 7) is 0.389. The van der Waals surface area contributed by atoms with Crippen LogP contribution in [0.3, 0.4) is 0 Å². The molecule has 0 bridgehead atoms. The van der Waals surface area contributed by atoms with Gasteiger partial charge in [0.15, 0.2) is 17.3 Å². The minimum Gasteiger partial charge on any atom is -0.493 e. The normalized spacial score (nSPS) is 21.2. The Hall–Kier alpha value is -2.58. The quantitative estimate of drug-likeness (QED) is 0.630. The van der Waals surface area contributed by atoms with Crippen molar-refractivity contribution in [2.75, 3.05) is 39.9 Å². The van der Waals surface area contributed by atoms with Crippen molar-refractivity contribution in [3.8, 4) is 17.2 Å². The van der Waals surface area contributed by atoms with Gasteiger partial charge in [-0.05, 0) is 36.1 Å². The fourth-order valence-corrected chi connectivity index (χ4v) is 4.90. The third-order valence-corrected chi connectivity index (χ3v) is 6.77. The molecular weight excluding hydrogens is 418 g/mol. The molecule has 2 aromatic rings. The summed E-state index contributed by atoms with van der Waals surface area (Å²) in [6, 6.07) is 12.6. The van der Waals surface area contributed by atoms with Gasteiger partial charge in [0, 0.05) is 12.8 Å². The summed E-state index contributed by atoms with van der Waals surface area (Å²) in [5.41, 5.74) is 0.811. The fourth-order valence-electron chi connectivity index (χ4n) is 4.18. The lowest BCUT2D eigenvalue weighted by atomic mass is 9.74. The van der Waals surface area contributed by atoms with Crippen molar-refractivity contribution in [2.45, 2.75) is 24.3 Å². The van der Waals surface area contributed by atoms with E-state index in [4.69, 9.17) is 14.2 Å². The second-order valence-electron chi connectivity index (χ2n) is 7.86. The number of ether oxygens (including phenoxy) is 3. The van der Waals surface area contributed by atoms with Gasteiger partial charge in [0.25, 0.3) is 0 Å². The highest BCUT2D eigenvalue weighted by Crippen LogP contribution is 2.40. The summed E-state index contributed by atoms with van der Waals surface area (Å²) in [4.78, 5) is 13.6. The molecule has 2 unspecified atom stereocenters. The fraction of sp³-hybridized carbons (Fsp3) is 0.435. The topological polar surface area (TPSA) is 90.9 Å². The molecular formula is C23H29NO6S. The highest BCUT2D eigenvalue weighted by atomic mass is 32.2. The Morgan fingerprint density at radius 3 is 2.16 bits per heavy atom. The number of rotatable bonds is 9. The molecule has 1 fully saturated rings. The standard InChI is InChI=1S/C23H29NO6S/c1-28-19-13-16(14-20(29-2)21(19)30-3)12-18-22(25)23(15-24-18,10-11-31(4,26)27)17-8-6-5-7-9-17/h5-9,13-14,18,24H,10-12,15H2,1-4H3. The molecule has 0 aromatic heterocycles. The summed E-state index contributed by atoms with van der Waals surface area (Å²) >= 11 is 0. The second kappa shape index (κ2) is 9.28. The first-order valence-corrected chi connectivity index (χ1v) is 12.1. The first kappa shape index (κ1) is 23.1. The van der Waals surface area contributed by atoms with Crippen LogP contribution in [0.4, 0.5) is 0 Å². The van der Waals surface area contributed by atoms with Crippen LogP contribution in [0.15, 0.2) is 42.5 Å². The SMILES string of the molecule is COc1cc(CC2NCC(CCS(C)(=O)=O)(c3ccccc3)C2=O)cc(OC)c1OC. The van der Waals surface area contributed by atoms with E-state index in [1.807, 2.05) is 42.5 Å². The third kappa shape index (κ3) is 4.85. The molecule has 1 heterocycles. The van der Waals surface area contributed by atoms with E-state index < -0.39 is 21.3 Å². The molecule has 0 amide bonds. The third-order valence-electron chi connectivity index (χ3n) is 5.83. The van der Waals surface area contributed by atoms with Crippen molar-refractivity contribution >= 4 is 15.6 Å². The van der Waals surface area contributed by atoms with Gasteiger partial charge in [-0.2, -0.15) is 0 Å². The van der Waals surface area contributed by atoms with Gasteiger partial charge in [-0.15, -0.1) is 0 Å². The van der Waals surface area contributed by atoms with E-state index in [9.17, 15) is 13.2 Å². The number of hydrogen-bond donors (Lipinski definition) is 1. The maximum absolute atomic E-state index is 13.6. The Morgan fingerprint density at radius 2 is 1.65 bits per heavy atom. The van der Waals surface area contributed by atoms with Crippen LogP contribution in [0.1, 0.15) is 17.5 Å². The van der Waals surface area contributed by atoms with Gasteiger partial charge in [0.1, 0.15) is 9.84 Å². The summed E-state index contributed by atoms with van der Waals surface area (Å²) in [6.07, 6.45) is 1.86. The van der Waals surface area contributed by atoms with Gasteiger partial charge in [-0.1, -0.05) is 30.3 Å². The van der Waals surface area contributed by atoms with Crippen LogP contribution in [0.25, 0.3) is 0 Å². The molecule has 3 rings (SSSR count). The number of hydrogen-bond acceptors (Lipinski definition) is 7. The Morgan fingerprint density at radius 1 is 1.03 bits per heavy atom. The first-order valence-electron chi connectivity index (χ1n) is 10.0. The summed E-state index contributed by atoms with van der Waals surface area (Å²) in [5, 5.41) is 3.33. The molecule has 1 aliphatic heterocycles. The van der Waals surface area contributed by atoms with Crippen molar-refractivity contribution in [2.24, 2.45) is 0 Å². The smallest absolute Gasteiger partial charge is 0.203 e. The van der Waals surface area contributed by atoms with Crippen molar-refractivity contribution in [1.82, 2.24) is 5.32 Å². The molecule has 168 valence electrons. The molecule has 0 spiro atoms. The van der Waals surface area contributed by atoms with E-state index in [-0.39, 0.29) is 18.0 Å². The number of carbonyl (C=O) groups is 1. The minimum absolute atomic E-state index is 0.00361. The van der Waals surface area contributed by atoms with Crippen molar-refractivity contribution < 1.29 is 27.4 Å². The van der Waals surface area contributed by atoms with Crippen LogP contribution in [0.2, 0.25) is 0 Å². The number of carbonyl (C=O) groups excluding carboxylic acids is 1. The van der Waals surface area contributed by atoms with Gasteiger partial charge in [-0.3, -0.25) is 4.79 Å². The monoisotopic (exact) mass is 447 g/mol. The maximum Gasteiger partial charge on any atom is 0.203 e. The molecule has 7 nitrogen and oxygen atoms in total. The molecule has 2 atom stereocenters. The van der Waals surface area contributed by atoms with Gasteiger partial charge in [-0.25, -0.2) is 8.42 Å². The second-order valence-corrected chi connectivity index (χ2v) is 10.1. The predicted octanol–water partition coefficient (Wildman–Crippen LogP) is 2.17. The van der Waals surface area contributed by atoms with Gasteiger partial charge in [0.05, 0.1) is 38.5 Å². The number of Topliss-reactive ketones (excluding diaryl/α,β-unsaturated/α-hetero) is 1. The molecule has 1 aliphatic rings. The van der Waals surface area contributed by atoms with Crippen molar-refractivity contribution in [3.63, 3.8) is 0 Å². The average molecular weight is 448 g/mol. The number of methoxy groups -OCH3 is 3. The van der Waals surface area contributed by atoms with E-state index in [0.717, 1.165) is 11.1 Å². The maximum atomic E-state index is 13.6. The summed E-state index contributed by atoms with van der Waals surface area (Å²) in [5.74, 6) is 1.48.